The molecule has 0 spiro atoms. The molecule has 1 atom stereocenters. The van der Waals surface area contributed by atoms with Gasteiger partial charge in [-0.25, -0.2) is 0 Å². The van der Waals surface area contributed by atoms with Crippen molar-refractivity contribution in [1.29, 1.82) is 0 Å². The van der Waals surface area contributed by atoms with Crippen LogP contribution in [0.3, 0.4) is 0 Å². The summed E-state index contributed by atoms with van der Waals surface area (Å²) in [7, 11) is 3.16. The number of methoxy groups -OCH3 is 2. The predicted octanol–water partition coefficient (Wildman–Crippen LogP) is 1.32. The molecule has 94 valence electrons. The molecule has 0 saturated heterocycles. The summed E-state index contributed by atoms with van der Waals surface area (Å²) < 4.78 is 10.2. The number of rotatable bonds is 6. The molecule has 0 aliphatic heterocycles. The molecule has 0 bridgehead atoms. The van der Waals surface area contributed by atoms with E-state index in [0.29, 0.717) is 12.4 Å². The van der Waals surface area contributed by atoms with Crippen LogP contribution in [0.15, 0.2) is 18.2 Å². The molecule has 0 heterocycles. The molecule has 5 heteroatoms. The Morgan fingerprint density at radius 3 is 2.71 bits per heavy atom. The molecular weight excluding hydrogens is 222 g/mol. The normalized spacial score (nSPS) is 12.2. The smallest absolute Gasteiger partial charge is 0.305 e. The number of carbonyl (C=O) groups is 1. The molecule has 1 unspecified atom stereocenters. The maximum Gasteiger partial charge on any atom is 0.305 e. The van der Waals surface area contributed by atoms with Crippen molar-refractivity contribution >= 4 is 5.97 Å². The van der Waals surface area contributed by atoms with Crippen LogP contribution in [0.1, 0.15) is 23.6 Å². The van der Waals surface area contributed by atoms with Crippen LogP contribution < -0.4 is 10.5 Å². The predicted molar refractivity (Wildman–Crippen MR) is 62.9 cm³/mol. The third-order valence-corrected chi connectivity index (χ3v) is 2.43. The summed E-state index contributed by atoms with van der Waals surface area (Å²) in [6, 6.07) is 4.83. The summed E-state index contributed by atoms with van der Waals surface area (Å²) in [6.45, 7) is 0.400. The first-order valence-electron chi connectivity index (χ1n) is 5.21. The second-order valence-electron chi connectivity index (χ2n) is 3.71. The second kappa shape index (κ2) is 6.22. The number of hydrogen-bond donors (Lipinski definition) is 2. The summed E-state index contributed by atoms with van der Waals surface area (Å²) in [5.74, 6) is -0.209. The van der Waals surface area contributed by atoms with E-state index in [1.54, 1.807) is 26.4 Å². The number of nitrogens with two attached hydrogens (primary N) is 1. The largest absolute Gasteiger partial charge is 0.496 e. The third-order valence-electron chi connectivity index (χ3n) is 2.43. The van der Waals surface area contributed by atoms with Gasteiger partial charge in [0.15, 0.2) is 0 Å². The van der Waals surface area contributed by atoms with Crippen LogP contribution in [0, 0.1) is 0 Å². The lowest BCUT2D eigenvalue weighted by Gasteiger charge is -2.13. The van der Waals surface area contributed by atoms with Crippen LogP contribution in [0.2, 0.25) is 0 Å². The first-order chi connectivity index (χ1) is 8.08. The number of aliphatic carboxylic acids is 1. The zero-order chi connectivity index (χ0) is 12.8. The summed E-state index contributed by atoms with van der Waals surface area (Å²) in [4.78, 5) is 10.6. The number of carboxylic acids is 1. The van der Waals surface area contributed by atoms with Crippen LogP contribution in [-0.2, 0) is 16.1 Å². The molecule has 0 saturated carbocycles. The minimum absolute atomic E-state index is 0.0985. The van der Waals surface area contributed by atoms with Crippen molar-refractivity contribution in [2.24, 2.45) is 5.73 Å². The molecule has 0 aromatic heterocycles. The van der Waals surface area contributed by atoms with Crippen molar-refractivity contribution in [1.82, 2.24) is 0 Å². The zero-order valence-electron chi connectivity index (χ0n) is 9.97. The van der Waals surface area contributed by atoms with Gasteiger partial charge in [-0.2, -0.15) is 0 Å². The van der Waals surface area contributed by atoms with E-state index in [1.165, 1.54) is 0 Å². The van der Waals surface area contributed by atoms with Gasteiger partial charge in [-0.05, 0) is 17.7 Å². The highest BCUT2D eigenvalue weighted by molar-refractivity contribution is 5.68. The van der Waals surface area contributed by atoms with E-state index >= 15 is 0 Å². The lowest BCUT2D eigenvalue weighted by Crippen LogP contribution is -2.15. The van der Waals surface area contributed by atoms with Gasteiger partial charge in [0.05, 0.1) is 20.1 Å². The maximum absolute atomic E-state index is 10.6. The van der Waals surface area contributed by atoms with Gasteiger partial charge in [0, 0.05) is 18.7 Å². The monoisotopic (exact) mass is 239 g/mol. The van der Waals surface area contributed by atoms with Crippen molar-refractivity contribution in [3.8, 4) is 5.75 Å². The van der Waals surface area contributed by atoms with Gasteiger partial charge >= 0.3 is 5.97 Å². The van der Waals surface area contributed by atoms with E-state index in [0.717, 1.165) is 11.1 Å². The fourth-order valence-electron chi connectivity index (χ4n) is 1.60. The van der Waals surface area contributed by atoms with Crippen LogP contribution in [0.25, 0.3) is 0 Å². The SMILES string of the molecule is COCc1cc(C(N)CC(=O)O)ccc1OC. The van der Waals surface area contributed by atoms with E-state index in [-0.39, 0.29) is 6.42 Å². The average molecular weight is 239 g/mol. The van der Waals surface area contributed by atoms with E-state index in [9.17, 15) is 4.79 Å². The maximum atomic E-state index is 10.6. The molecule has 0 aliphatic rings. The first kappa shape index (κ1) is 13.5. The highest BCUT2D eigenvalue weighted by Gasteiger charge is 2.13. The summed E-state index contributed by atoms with van der Waals surface area (Å²) in [6.07, 6.45) is -0.0985. The van der Waals surface area contributed by atoms with Gasteiger partial charge in [-0.3, -0.25) is 4.79 Å². The van der Waals surface area contributed by atoms with Crippen LogP contribution >= 0.6 is 0 Å². The Bertz CT molecular complexity index is 392. The molecular formula is C12H17NO4. The Balaban J connectivity index is 2.94. The lowest BCUT2D eigenvalue weighted by atomic mass is 10.0. The Morgan fingerprint density at radius 2 is 2.18 bits per heavy atom. The number of hydrogen-bond acceptors (Lipinski definition) is 4. The molecule has 0 amide bonds. The number of benzene rings is 1. The Kier molecular flexibility index (Phi) is 4.93. The van der Waals surface area contributed by atoms with E-state index in [4.69, 9.17) is 20.3 Å². The molecule has 1 aromatic rings. The van der Waals surface area contributed by atoms with Crippen molar-refractivity contribution in [2.45, 2.75) is 19.1 Å². The summed E-state index contributed by atoms with van der Waals surface area (Å²) >= 11 is 0. The summed E-state index contributed by atoms with van der Waals surface area (Å²) in [5, 5.41) is 8.69. The molecule has 0 radical (unpaired) electrons. The van der Waals surface area contributed by atoms with Gasteiger partial charge in [0.2, 0.25) is 0 Å². The van der Waals surface area contributed by atoms with Gasteiger partial charge in [0.1, 0.15) is 5.75 Å². The van der Waals surface area contributed by atoms with Gasteiger partial charge in [-0.1, -0.05) is 6.07 Å². The fraction of sp³-hybridized carbons (Fsp3) is 0.417. The molecule has 1 rings (SSSR count). The van der Waals surface area contributed by atoms with Crippen LogP contribution in [0.4, 0.5) is 0 Å². The van der Waals surface area contributed by atoms with Gasteiger partial charge in [0.25, 0.3) is 0 Å². The zero-order valence-corrected chi connectivity index (χ0v) is 9.97. The van der Waals surface area contributed by atoms with Crippen molar-refractivity contribution < 1.29 is 19.4 Å². The Labute approximate surface area is 100 Å². The van der Waals surface area contributed by atoms with E-state index in [2.05, 4.69) is 0 Å². The van der Waals surface area contributed by atoms with Gasteiger partial charge in [-0.15, -0.1) is 0 Å². The van der Waals surface area contributed by atoms with Crippen LogP contribution in [-0.4, -0.2) is 25.3 Å². The minimum atomic E-state index is -0.915. The topological polar surface area (TPSA) is 81.8 Å². The molecule has 0 aliphatic carbocycles. The minimum Gasteiger partial charge on any atom is -0.496 e. The Morgan fingerprint density at radius 1 is 1.47 bits per heavy atom. The molecule has 1 aromatic carbocycles. The van der Waals surface area contributed by atoms with Gasteiger partial charge < -0.3 is 20.3 Å². The number of carboxylic acid groups (broad SMARTS) is 1. The molecule has 5 nitrogen and oxygen atoms in total. The molecule has 0 fully saturated rings. The highest BCUT2D eigenvalue weighted by Crippen LogP contribution is 2.24. The second-order valence-corrected chi connectivity index (χ2v) is 3.71. The lowest BCUT2D eigenvalue weighted by molar-refractivity contribution is -0.137. The van der Waals surface area contributed by atoms with Crippen molar-refractivity contribution in [3.63, 3.8) is 0 Å². The van der Waals surface area contributed by atoms with E-state index in [1.807, 2.05) is 6.07 Å². The first-order valence-corrected chi connectivity index (χ1v) is 5.21. The molecule has 17 heavy (non-hydrogen) atoms. The molecule has 3 N–H and O–H groups in total. The van der Waals surface area contributed by atoms with Crippen LogP contribution in [0.5, 0.6) is 5.75 Å². The third kappa shape index (κ3) is 3.72. The number of ether oxygens (including phenoxy) is 2. The van der Waals surface area contributed by atoms with Crippen molar-refractivity contribution in [2.75, 3.05) is 14.2 Å². The fourth-order valence-corrected chi connectivity index (χ4v) is 1.60. The highest BCUT2D eigenvalue weighted by atomic mass is 16.5. The average Bonchev–Trinajstić information content (AvgIpc) is 2.28. The van der Waals surface area contributed by atoms with Crippen molar-refractivity contribution in [3.05, 3.63) is 29.3 Å². The standard InChI is InChI=1S/C12H17NO4/c1-16-7-9-5-8(3-4-11(9)17-2)10(13)6-12(14)15/h3-5,10H,6-7,13H2,1-2H3,(H,14,15). The Hall–Kier alpha value is -1.59. The quantitative estimate of drug-likeness (QED) is 0.782. The summed E-state index contributed by atoms with van der Waals surface area (Å²) in [5.41, 5.74) is 7.41. The van der Waals surface area contributed by atoms with E-state index < -0.39 is 12.0 Å².